The normalized spacial score (nSPS) is 13.3. The van der Waals surface area contributed by atoms with Crippen LogP contribution in [0.5, 0.6) is 0 Å². The van der Waals surface area contributed by atoms with Crippen molar-refractivity contribution in [2.45, 2.75) is 10.6 Å². The van der Waals surface area contributed by atoms with Crippen molar-refractivity contribution >= 4 is 64.8 Å². The Morgan fingerprint density at radius 3 is 2.48 bits per heavy atom. The summed E-state index contributed by atoms with van der Waals surface area (Å²) in [6, 6.07) is 11.4. The van der Waals surface area contributed by atoms with Gasteiger partial charge in [-0.2, -0.15) is 0 Å². The number of hydrogen-bond donors (Lipinski definition) is 1. The molecule has 2 aromatic rings. The molecule has 0 amide bonds. The van der Waals surface area contributed by atoms with Crippen LogP contribution in [0, 0.1) is 0 Å². The molecule has 0 fully saturated rings. The van der Waals surface area contributed by atoms with Gasteiger partial charge in [0.1, 0.15) is 5.84 Å². The number of hydrogen-bond acceptors (Lipinski definition) is 3. The molecule has 0 bridgehead atoms. The van der Waals surface area contributed by atoms with Crippen molar-refractivity contribution < 1.29 is 0 Å². The lowest BCUT2D eigenvalue weighted by atomic mass is 10.2. The average molecular weight is 408 g/mol. The molecule has 7 heteroatoms. The third kappa shape index (κ3) is 4.71. The van der Waals surface area contributed by atoms with Crippen LogP contribution in [0.15, 0.2) is 46.3 Å². The number of aliphatic imine (C=N–C) groups is 1. The van der Waals surface area contributed by atoms with Gasteiger partial charge in [-0.05, 0) is 35.9 Å². The van der Waals surface area contributed by atoms with Crippen LogP contribution in [0.25, 0.3) is 0 Å². The lowest BCUT2D eigenvalue weighted by molar-refractivity contribution is 0.959. The molecule has 0 aliphatic carbocycles. The van der Waals surface area contributed by atoms with Gasteiger partial charge in [0.05, 0.1) is 6.54 Å². The van der Waals surface area contributed by atoms with E-state index >= 15 is 0 Å². The maximum absolute atomic E-state index is 6.23. The number of thioether (sulfide) groups is 1. The van der Waals surface area contributed by atoms with Crippen LogP contribution in [0.4, 0.5) is 0 Å². The van der Waals surface area contributed by atoms with Gasteiger partial charge in [-0.1, -0.05) is 40.9 Å². The summed E-state index contributed by atoms with van der Waals surface area (Å²) in [6.45, 7) is 1.67. The van der Waals surface area contributed by atoms with Gasteiger partial charge in [-0.25, -0.2) is 0 Å². The van der Waals surface area contributed by atoms with Crippen LogP contribution >= 0.6 is 59.0 Å². The van der Waals surface area contributed by atoms with Crippen molar-refractivity contribution in [1.82, 2.24) is 5.32 Å². The average Bonchev–Trinajstić information content (AvgIpc) is 3.01. The quantitative estimate of drug-likeness (QED) is 0.656. The fraction of sp³-hybridized carbons (Fsp3) is 0.188. The van der Waals surface area contributed by atoms with Crippen LogP contribution in [-0.4, -0.2) is 18.9 Å². The van der Waals surface area contributed by atoms with Gasteiger partial charge in [0, 0.05) is 37.8 Å². The van der Waals surface area contributed by atoms with Gasteiger partial charge in [0.2, 0.25) is 0 Å². The predicted molar refractivity (Wildman–Crippen MR) is 104 cm³/mol. The first kappa shape index (κ1) is 18.8. The molecule has 1 aliphatic heterocycles. The zero-order chi connectivity index (χ0) is 15.5. The molecular weight excluding hydrogens is 394 g/mol. The number of rotatable bonds is 4. The molecule has 0 unspecified atom stereocenters. The molecule has 0 atom stereocenters. The third-order valence-electron chi connectivity index (χ3n) is 3.27. The number of amidine groups is 1. The van der Waals surface area contributed by atoms with E-state index in [1.54, 1.807) is 17.8 Å². The SMILES string of the molecule is Cl.Clc1ccc(CSc2ccc(Cl)cc2C2=NCCN2)c(Cl)c1. The summed E-state index contributed by atoms with van der Waals surface area (Å²) in [5, 5.41) is 5.34. The van der Waals surface area contributed by atoms with E-state index in [-0.39, 0.29) is 12.4 Å². The van der Waals surface area contributed by atoms with Crippen molar-refractivity contribution in [3.05, 3.63) is 62.6 Å². The highest BCUT2D eigenvalue weighted by Gasteiger charge is 2.14. The predicted octanol–water partition coefficient (Wildman–Crippen LogP) is 5.71. The van der Waals surface area contributed by atoms with E-state index in [1.807, 2.05) is 30.3 Å². The minimum absolute atomic E-state index is 0. The van der Waals surface area contributed by atoms with E-state index in [0.717, 1.165) is 40.7 Å². The van der Waals surface area contributed by atoms with E-state index in [2.05, 4.69) is 10.3 Å². The monoisotopic (exact) mass is 406 g/mol. The third-order valence-corrected chi connectivity index (χ3v) is 5.21. The van der Waals surface area contributed by atoms with Crippen molar-refractivity contribution in [2.75, 3.05) is 13.1 Å². The summed E-state index contributed by atoms with van der Waals surface area (Å²) in [7, 11) is 0. The maximum atomic E-state index is 6.23. The molecule has 0 saturated carbocycles. The number of benzene rings is 2. The Morgan fingerprint density at radius 1 is 1.04 bits per heavy atom. The first-order valence-electron chi connectivity index (χ1n) is 6.78. The van der Waals surface area contributed by atoms with E-state index in [0.29, 0.717) is 15.1 Å². The van der Waals surface area contributed by atoms with E-state index in [9.17, 15) is 0 Å². The molecule has 1 N–H and O–H groups in total. The lowest BCUT2D eigenvalue weighted by Gasteiger charge is -2.11. The van der Waals surface area contributed by atoms with Crippen LogP contribution in [0.3, 0.4) is 0 Å². The highest BCUT2D eigenvalue weighted by Crippen LogP contribution is 2.32. The number of nitrogens with one attached hydrogen (secondary N) is 1. The second-order valence-corrected chi connectivity index (χ2v) is 7.12. The van der Waals surface area contributed by atoms with Crippen molar-refractivity contribution in [3.8, 4) is 0 Å². The molecule has 1 heterocycles. The van der Waals surface area contributed by atoms with E-state index in [1.165, 1.54) is 0 Å². The summed E-state index contributed by atoms with van der Waals surface area (Å²) in [5.74, 6) is 1.67. The summed E-state index contributed by atoms with van der Waals surface area (Å²) in [5.41, 5.74) is 2.10. The van der Waals surface area contributed by atoms with Crippen molar-refractivity contribution in [2.24, 2.45) is 4.99 Å². The highest BCUT2D eigenvalue weighted by molar-refractivity contribution is 7.98. The smallest absolute Gasteiger partial charge is 0.129 e. The van der Waals surface area contributed by atoms with Gasteiger partial charge in [0.25, 0.3) is 0 Å². The van der Waals surface area contributed by atoms with Gasteiger partial charge >= 0.3 is 0 Å². The first-order valence-corrected chi connectivity index (χ1v) is 8.90. The minimum Gasteiger partial charge on any atom is -0.368 e. The molecule has 0 spiro atoms. The zero-order valence-electron chi connectivity index (χ0n) is 12.0. The summed E-state index contributed by atoms with van der Waals surface area (Å²) in [4.78, 5) is 5.61. The van der Waals surface area contributed by atoms with E-state index in [4.69, 9.17) is 34.8 Å². The lowest BCUT2D eigenvalue weighted by Crippen LogP contribution is -2.20. The maximum Gasteiger partial charge on any atom is 0.129 e. The number of halogens is 4. The Labute approximate surface area is 161 Å². The van der Waals surface area contributed by atoms with Gasteiger partial charge in [-0.15, -0.1) is 24.2 Å². The molecule has 122 valence electrons. The van der Waals surface area contributed by atoms with Gasteiger partial charge in [-0.3, -0.25) is 4.99 Å². The van der Waals surface area contributed by atoms with E-state index < -0.39 is 0 Å². The van der Waals surface area contributed by atoms with Crippen LogP contribution < -0.4 is 5.32 Å². The Hall–Kier alpha value is -0.580. The molecular formula is C16H14Cl4N2S. The Morgan fingerprint density at radius 2 is 1.78 bits per heavy atom. The second-order valence-electron chi connectivity index (χ2n) is 4.82. The fourth-order valence-electron chi connectivity index (χ4n) is 2.19. The molecule has 0 saturated heterocycles. The largest absolute Gasteiger partial charge is 0.368 e. The fourth-order valence-corrected chi connectivity index (χ4v) is 3.95. The molecule has 0 aromatic heterocycles. The summed E-state index contributed by atoms with van der Waals surface area (Å²) < 4.78 is 0. The summed E-state index contributed by atoms with van der Waals surface area (Å²) in [6.07, 6.45) is 0. The Bertz CT molecular complexity index is 734. The standard InChI is InChI=1S/C16H13Cl3N2S.ClH/c17-11-3-4-15(13(7-11)16-20-5-6-21-16)22-9-10-1-2-12(18)8-14(10)19;/h1-4,7-8H,5-6,9H2,(H,20,21);1H. The Kier molecular flexibility index (Phi) is 6.93. The van der Waals surface area contributed by atoms with Crippen LogP contribution in [0.2, 0.25) is 15.1 Å². The van der Waals surface area contributed by atoms with Crippen LogP contribution in [0.1, 0.15) is 11.1 Å². The molecule has 0 radical (unpaired) electrons. The first-order chi connectivity index (χ1) is 10.6. The van der Waals surface area contributed by atoms with Crippen molar-refractivity contribution in [3.63, 3.8) is 0 Å². The van der Waals surface area contributed by atoms with Crippen molar-refractivity contribution in [1.29, 1.82) is 0 Å². The second kappa shape index (κ2) is 8.50. The summed E-state index contributed by atoms with van der Waals surface area (Å²) >= 11 is 20.0. The topological polar surface area (TPSA) is 24.4 Å². The van der Waals surface area contributed by atoms with Gasteiger partial charge < -0.3 is 5.32 Å². The molecule has 1 aliphatic rings. The molecule has 2 aromatic carbocycles. The van der Waals surface area contributed by atoms with Gasteiger partial charge in [0.15, 0.2) is 0 Å². The molecule has 3 rings (SSSR count). The molecule has 2 nitrogen and oxygen atoms in total. The number of nitrogens with zero attached hydrogens (tertiary/aromatic N) is 1. The van der Waals surface area contributed by atoms with Crippen LogP contribution in [-0.2, 0) is 5.75 Å². The zero-order valence-corrected chi connectivity index (χ0v) is 15.9. The molecule has 23 heavy (non-hydrogen) atoms. The Balaban J connectivity index is 0.00000192. The minimum atomic E-state index is 0. The highest BCUT2D eigenvalue weighted by atomic mass is 35.5.